The molecule has 7 nitrogen and oxygen atoms in total. The number of rotatable bonds is 11. The molecule has 1 N–H and O–H groups in total. The Morgan fingerprint density at radius 3 is 2.66 bits per heavy atom. The molecule has 32 heavy (non-hydrogen) atoms. The van der Waals surface area contributed by atoms with E-state index in [1.54, 1.807) is 14.2 Å². The van der Waals surface area contributed by atoms with Crippen LogP contribution in [-0.4, -0.2) is 63.3 Å². The first-order chi connectivity index (χ1) is 15.6. The van der Waals surface area contributed by atoms with E-state index in [0.717, 1.165) is 12.0 Å². The van der Waals surface area contributed by atoms with Gasteiger partial charge >= 0.3 is 5.97 Å². The minimum absolute atomic E-state index is 0.0385. The molecule has 2 aliphatic rings. The highest BCUT2D eigenvalue weighted by Crippen LogP contribution is 2.31. The summed E-state index contributed by atoms with van der Waals surface area (Å²) < 4.78 is 16.1. The largest absolute Gasteiger partial charge is 0.493 e. The van der Waals surface area contributed by atoms with E-state index >= 15 is 0 Å². The van der Waals surface area contributed by atoms with Gasteiger partial charge in [-0.25, -0.2) is 0 Å². The van der Waals surface area contributed by atoms with Gasteiger partial charge in [0.15, 0.2) is 11.5 Å². The average Bonchev–Trinajstić information content (AvgIpc) is 2.82. The maximum atomic E-state index is 12.1. The molecule has 0 aliphatic carbocycles. The molecule has 1 amide bonds. The Kier molecular flexibility index (Phi) is 9.65. The minimum atomic E-state index is -0.184. The first-order valence-electron chi connectivity index (χ1n) is 12.0. The standard InChI is InChI=1S/C25H38N2O5/c1-30-22-12-11-19(17-23(22)31-2)13-14-26-24(28)9-5-10-25(29)32-18-20-7-6-16-27-15-4-3-8-21(20)27/h11-12,17,20-21H,3-10,13-16,18H2,1-2H3,(H,26,28)/t20-,21+/m0/s1. The number of hydrogen-bond acceptors (Lipinski definition) is 6. The van der Waals surface area contributed by atoms with Crippen LogP contribution in [0.25, 0.3) is 0 Å². The van der Waals surface area contributed by atoms with Crippen LogP contribution in [0.3, 0.4) is 0 Å². The maximum absolute atomic E-state index is 12.1. The van der Waals surface area contributed by atoms with Crippen LogP contribution >= 0.6 is 0 Å². The summed E-state index contributed by atoms with van der Waals surface area (Å²) in [5, 5.41) is 2.92. The summed E-state index contributed by atoms with van der Waals surface area (Å²) in [6, 6.07) is 6.32. The predicted molar refractivity (Wildman–Crippen MR) is 123 cm³/mol. The minimum Gasteiger partial charge on any atom is -0.493 e. The zero-order chi connectivity index (χ0) is 22.8. The number of piperidine rings is 2. The van der Waals surface area contributed by atoms with Crippen LogP contribution in [0, 0.1) is 5.92 Å². The zero-order valence-electron chi connectivity index (χ0n) is 19.6. The van der Waals surface area contributed by atoms with Crippen LogP contribution in [0.2, 0.25) is 0 Å². The van der Waals surface area contributed by atoms with Crippen molar-refractivity contribution in [2.45, 2.75) is 63.8 Å². The lowest BCUT2D eigenvalue weighted by Gasteiger charge is -2.44. The van der Waals surface area contributed by atoms with Crippen molar-refractivity contribution < 1.29 is 23.8 Å². The number of hydrogen-bond donors (Lipinski definition) is 1. The van der Waals surface area contributed by atoms with Gasteiger partial charge < -0.3 is 19.5 Å². The molecule has 0 bridgehead atoms. The SMILES string of the molecule is COc1ccc(CCNC(=O)CCCC(=O)OC[C@@H]2CCCN3CCCC[C@H]23)cc1OC. The summed E-state index contributed by atoms with van der Waals surface area (Å²) >= 11 is 0. The molecule has 0 spiro atoms. The number of amides is 1. The Balaban J connectivity index is 1.28. The number of carbonyl (C=O) groups excluding carboxylic acids is 2. The Hall–Kier alpha value is -2.28. The third-order valence-corrected chi connectivity index (χ3v) is 6.66. The predicted octanol–water partition coefficient (Wildman–Crippen LogP) is 3.34. The molecule has 2 aliphatic heterocycles. The van der Waals surface area contributed by atoms with Gasteiger partial charge in [0.1, 0.15) is 0 Å². The fourth-order valence-corrected chi connectivity index (χ4v) is 4.91. The van der Waals surface area contributed by atoms with Crippen molar-refractivity contribution in [3.63, 3.8) is 0 Å². The highest BCUT2D eigenvalue weighted by atomic mass is 16.5. The second kappa shape index (κ2) is 12.7. The third kappa shape index (κ3) is 7.12. The normalized spacial score (nSPS) is 20.8. The molecule has 0 aromatic heterocycles. The lowest BCUT2D eigenvalue weighted by atomic mass is 9.84. The number of methoxy groups -OCH3 is 2. The quantitative estimate of drug-likeness (QED) is 0.526. The van der Waals surface area contributed by atoms with Crippen molar-refractivity contribution in [1.29, 1.82) is 0 Å². The number of nitrogens with zero attached hydrogens (tertiary/aromatic N) is 1. The molecule has 0 saturated carbocycles. The first-order valence-corrected chi connectivity index (χ1v) is 12.0. The van der Waals surface area contributed by atoms with Gasteiger partial charge in [0.2, 0.25) is 5.91 Å². The smallest absolute Gasteiger partial charge is 0.305 e. The number of ether oxygens (including phenoxy) is 3. The number of carbonyl (C=O) groups is 2. The summed E-state index contributed by atoms with van der Waals surface area (Å²) in [7, 11) is 3.21. The fourth-order valence-electron chi connectivity index (χ4n) is 4.91. The molecule has 2 fully saturated rings. The summed E-state index contributed by atoms with van der Waals surface area (Å²) in [6.07, 6.45) is 8.00. The molecule has 0 unspecified atom stereocenters. The van der Waals surface area contributed by atoms with Crippen LogP contribution in [0.4, 0.5) is 0 Å². The van der Waals surface area contributed by atoms with Gasteiger partial charge in [-0.2, -0.15) is 0 Å². The van der Waals surface area contributed by atoms with E-state index < -0.39 is 0 Å². The van der Waals surface area contributed by atoms with Crippen LogP contribution < -0.4 is 14.8 Å². The van der Waals surface area contributed by atoms with E-state index in [9.17, 15) is 9.59 Å². The van der Waals surface area contributed by atoms with E-state index in [1.807, 2.05) is 18.2 Å². The second-order valence-corrected chi connectivity index (χ2v) is 8.83. The zero-order valence-corrected chi connectivity index (χ0v) is 19.6. The third-order valence-electron chi connectivity index (χ3n) is 6.66. The lowest BCUT2D eigenvalue weighted by molar-refractivity contribution is -0.146. The van der Waals surface area contributed by atoms with E-state index in [2.05, 4.69) is 10.2 Å². The van der Waals surface area contributed by atoms with Gasteiger partial charge in [-0.05, 0) is 69.3 Å². The van der Waals surface area contributed by atoms with Crippen molar-refractivity contribution in [2.75, 3.05) is 40.5 Å². The Bertz CT molecular complexity index is 752. The second-order valence-electron chi connectivity index (χ2n) is 8.83. The summed E-state index contributed by atoms with van der Waals surface area (Å²) in [5.41, 5.74) is 1.06. The Labute approximate surface area is 191 Å². The van der Waals surface area contributed by atoms with Crippen molar-refractivity contribution >= 4 is 11.9 Å². The molecule has 2 atom stereocenters. The van der Waals surface area contributed by atoms with Crippen molar-refractivity contribution in [2.24, 2.45) is 5.92 Å². The average molecular weight is 447 g/mol. The van der Waals surface area contributed by atoms with Crippen molar-refractivity contribution in [1.82, 2.24) is 10.2 Å². The number of esters is 1. The molecular formula is C25H38N2O5. The summed E-state index contributed by atoms with van der Waals surface area (Å²) in [5.74, 6) is 1.61. The monoisotopic (exact) mass is 446 g/mol. The van der Waals surface area contributed by atoms with Gasteiger partial charge in [-0.15, -0.1) is 0 Å². The molecule has 7 heteroatoms. The van der Waals surface area contributed by atoms with Crippen LogP contribution in [-0.2, 0) is 20.7 Å². The highest BCUT2D eigenvalue weighted by Gasteiger charge is 2.33. The molecule has 2 saturated heterocycles. The van der Waals surface area contributed by atoms with Gasteiger partial charge in [0.25, 0.3) is 0 Å². The van der Waals surface area contributed by atoms with Crippen molar-refractivity contribution in [3.8, 4) is 11.5 Å². The van der Waals surface area contributed by atoms with E-state index in [0.29, 0.717) is 62.3 Å². The van der Waals surface area contributed by atoms with Crippen LogP contribution in [0.15, 0.2) is 18.2 Å². The molecule has 1 aromatic rings. The molecule has 2 heterocycles. The summed E-state index contributed by atoms with van der Waals surface area (Å²) in [4.78, 5) is 26.8. The van der Waals surface area contributed by atoms with E-state index in [1.165, 1.54) is 38.8 Å². The van der Waals surface area contributed by atoms with Gasteiger partial charge in [0, 0.05) is 31.3 Å². The lowest BCUT2D eigenvalue weighted by Crippen LogP contribution is -2.49. The fraction of sp³-hybridized carbons (Fsp3) is 0.680. The molecule has 178 valence electrons. The number of fused-ring (bicyclic) bond motifs is 1. The molecule has 1 aromatic carbocycles. The number of benzene rings is 1. The van der Waals surface area contributed by atoms with Crippen LogP contribution in [0.5, 0.6) is 11.5 Å². The van der Waals surface area contributed by atoms with Crippen LogP contribution in [0.1, 0.15) is 56.9 Å². The van der Waals surface area contributed by atoms with Crippen molar-refractivity contribution in [3.05, 3.63) is 23.8 Å². The van der Waals surface area contributed by atoms with Gasteiger partial charge in [-0.3, -0.25) is 14.5 Å². The van der Waals surface area contributed by atoms with E-state index in [-0.39, 0.29) is 11.9 Å². The molecular weight excluding hydrogens is 408 g/mol. The Morgan fingerprint density at radius 1 is 1.03 bits per heavy atom. The molecule has 0 radical (unpaired) electrons. The molecule has 3 rings (SSSR count). The highest BCUT2D eigenvalue weighted by molar-refractivity contribution is 5.77. The number of nitrogens with one attached hydrogen (secondary N) is 1. The van der Waals surface area contributed by atoms with Gasteiger partial charge in [-0.1, -0.05) is 12.5 Å². The van der Waals surface area contributed by atoms with Gasteiger partial charge in [0.05, 0.1) is 20.8 Å². The topological polar surface area (TPSA) is 77.1 Å². The Morgan fingerprint density at radius 2 is 1.84 bits per heavy atom. The maximum Gasteiger partial charge on any atom is 0.305 e. The summed E-state index contributed by atoms with van der Waals surface area (Å²) in [6.45, 7) is 3.45. The van der Waals surface area contributed by atoms with E-state index in [4.69, 9.17) is 14.2 Å². The first kappa shape index (κ1) is 24.4.